The van der Waals surface area contributed by atoms with Crippen molar-refractivity contribution >= 4 is 23.6 Å². The minimum absolute atomic E-state index is 0.0210. The van der Waals surface area contributed by atoms with Crippen molar-refractivity contribution in [2.75, 3.05) is 25.5 Å². The fraction of sp³-hybridized carbons (Fsp3) is 0.286. The van der Waals surface area contributed by atoms with Crippen molar-refractivity contribution in [2.45, 2.75) is 6.04 Å². The molecule has 1 aliphatic heterocycles. The molecule has 1 heterocycles. The molecule has 0 saturated carbocycles. The summed E-state index contributed by atoms with van der Waals surface area (Å²) in [6.45, 7) is 0.645. The number of carboxylic acid groups (broad SMARTS) is 1. The number of nitrogens with zero attached hydrogens (tertiary/aromatic N) is 1. The van der Waals surface area contributed by atoms with Gasteiger partial charge in [-0.1, -0.05) is 12.1 Å². The molecule has 0 spiro atoms. The van der Waals surface area contributed by atoms with Crippen LogP contribution in [0.2, 0.25) is 0 Å². The quantitative estimate of drug-likeness (QED) is 0.622. The lowest BCUT2D eigenvalue weighted by molar-refractivity contribution is -0.156. The van der Waals surface area contributed by atoms with Crippen molar-refractivity contribution in [3.05, 3.63) is 35.9 Å². The predicted octanol–water partition coefficient (Wildman–Crippen LogP) is 0.594. The number of rotatable bonds is 3. The third kappa shape index (κ3) is 3.36. The molecule has 0 aliphatic carbocycles. The van der Waals surface area contributed by atoms with E-state index in [0.717, 1.165) is 5.56 Å². The van der Waals surface area contributed by atoms with Crippen LogP contribution < -0.4 is 5.73 Å². The van der Waals surface area contributed by atoms with Gasteiger partial charge in [-0.15, -0.1) is 0 Å². The number of carbonyl (C=O) groups is 2. The van der Waals surface area contributed by atoms with Crippen LogP contribution in [-0.4, -0.2) is 47.7 Å². The van der Waals surface area contributed by atoms with Gasteiger partial charge >= 0.3 is 5.97 Å². The first kappa shape index (κ1) is 14.1. The second-order valence-electron chi connectivity index (χ2n) is 4.46. The molecule has 1 aromatic carbocycles. The van der Waals surface area contributed by atoms with Crippen molar-refractivity contribution in [1.29, 1.82) is 0 Å². The van der Waals surface area contributed by atoms with Crippen LogP contribution in [0.1, 0.15) is 5.56 Å². The van der Waals surface area contributed by atoms with Gasteiger partial charge in [-0.05, 0) is 23.8 Å². The number of hydrogen-bond acceptors (Lipinski definition) is 4. The SMILES string of the molecule is Nc1cccc(/C=C/C(=O)N2CCOCC2C(=O)O)c1. The number of carbonyl (C=O) groups excluding carboxylic acids is 1. The number of anilines is 1. The molecule has 1 unspecified atom stereocenters. The van der Waals surface area contributed by atoms with E-state index in [0.29, 0.717) is 12.3 Å². The summed E-state index contributed by atoms with van der Waals surface area (Å²) in [5.41, 5.74) is 7.04. The second kappa shape index (κ2) is 6.21. The van der Waals surface area contributed by atoms with Gasteiger partial charge in [-0.2, -0.15) is 0 Å². The van der Waals surface area contributed by atoms with E-state index in [2.05, 4.69) is 0 Å². The number of nitrogens with two attached hydrogens (primary N) is 1. The number of benzene rings is 1. The predicted molar refractivity (Wildman–Crippen MR) is 73.8 cm³/mol. The van der Waals surface area contributed by atoms with Crippen LogP contribution >= 0.6 is 0 Å². The summed E-state index contributed by atoms with van der Waals surface area (Å²) in [7, 11) is 0. The number of ether oxygens (including phenoxy) is 1. The Bertz CT molecular complexity index is 542. The Morgan fingerprint density at radius 3 is 2.95 bits per heavy atom. The average Bonchev–Trinajstić information content (AvgIpc) is 2.45. The maximum Gasteiger partial charge on any atom is 0.328 e. The van der Waals surface area contributed by atoms with E-state index in [4.69, 9.17) is 15.6 Å². The maximum absolute atomic E-state index is 12.1. The third-order valence-corrected chi connectivity index (χ3v) is 3.03. The van der Waals surface area contributed by atoms with Gasteiger partial charge in [0.05, 0.1) is 13.2 Å². The molecular weight excluding hydrogens is 260 g/mol. The van der Waals surface area contributed by atoms with E-state index in [1.807, 2.05) is 6.07 Å². The monoisotopic (exact) mass is 276 g/mol. The number of nitrogen functional groups attached to an aromatic ring is 1. The van der Waals surface area contributed by atoms with Gasteiger partial charge < -0.3 is 20.5 Å². The molecule has 106 valence electrons. The molecule has 2 rings (SSSR count). The van der Waals surface area contributed by atoms with E-state index in [1.54, 1.807) is 24.3 Å². The first-order valence-electron chi connectivity index (χ1n) is 6.22. The fourth-order valence-electron chi connectivity index (χ4n) is 2.00. The van der Waals surface area contributed by atoms with Crippen LogP contribution in [0.5, 0.6) is 0 Å². The molecule has 3 N–H and O–H groups in total. The molecule has 1 atom stereocenters. The lowest BCUT2D eigenvalue weighted by atomic mass is 10.1. The molecule has 1 fully saturated rings. The third-order valence-electron chi connectivity index (χ3n) is 3.03. The van der Waals surface area contributed by atoms with Gasteiger partial charge in [0, 0.05) is 18.3 Å². The zero-order chi connectivity index (χ0) is 14.5. The summed E-state index contributed by atoms with van der Waals surface area (Å²) in [6, 6.07) is 6.16. The van der Waals surface area contributed by atoms with E-state index in [9.17, 15) is 9.59 Å². The lowest BCUT2D eigenvalue weighted by Gasteiger charge is -2.31. The summed E-state index contributed by atoms with van der Waals surface area (Å²) in [6.07, 6.45) is 2.98. The second-order valence-corrected chi connectivity index (χ2v) is 4.46. The highest BCUT2D eigenvalue weighted by Gasteiger charge is 2.31. The number of hydrogen-bond donors (Lipinski definition) is 2. The van der Waals surface area contributed by atoms with Gasteiger partial charge in [-0.25, -0.2) is 4.79 Å². The van der Waals surface area contributed by atoms with Gasteiger partial charge in [0.1, 0.15) is 0 Å². The highest BCUT2D eigenvalue weighted by atomic mass is 16.5. The Morgan fingerprint density at radius 2 is 2.25 bits per heavy atom. The van der Waals surface area contributed by atoms with E-state index < -0.39 is 12.0 Å². The summed E-state index contributed by atoms with van der Waals surface area (Å²) < 4.78 is 5.09. The van der Waals surface area contributed by atoms with Crippen LogP contribution in [0.4, 0.5) is 5.69 Å². The molecule has 1 aliphatic rings. The minimum atomic E-state index is -1.06. The fourth-order valence-corrected chi connectivity index (χ4v) is 2.00. The molecule has 6 heteroatoms. The zero-order valence-corrected chi connectivity index (χ0v) is 10.9. The van der Waals surface area contributed by atoms with Crippen LogP contribution in [0, 0.1) is 0 Å². The molecule has 1 saturated heterocycles. The minimum Gasteiger partial charge on any atom is -0.480 e. The van der Waals surface area contributed by atoms with Gasteiger partial charge in [0.15, 0.2) is 6.04 Å². The summed E-state index contributed by atoms with van der Waals surface area (Å²) in [5.74, 6) is -1.40. The normalized spacial score (nSPS) is 19.2. The van der Waals surface area contributed by atoms with Crippen LogP contribution in [-0.2, 0) is 14.3 Å². The first-order valence-corrected chi connectivity index (χ1v) is 6.22. The number of aliphatic carboxylic acids is 1. The zero-order valence-electron chi connectivity index (χ0n) is 10.9. The van der Waals surface area contributed by atoms with Crippen molar-refractivity contribution in [2.24, 2.45) is 0 Å². The standard InChI is InChI=1S/C14H16N2O4/c15-11-3-1-2-10(8-11)4-5-13(17)16-6-7-20-9-12(16)14(18)19/h1-5,8,12H,6-7,9,15H2,(H,18,19)/b5-4+. The highest BCUT2D eigenvalue weighted by molar-refractivity contribution is 5.94. The van der Waals surface area contributed by atoms with Crippen molar-refractivity contribution in [3.8, 4) is 0 Å². The van der Waals surface area contributed by atoms with E-state index in [-0.39, 0.29) is 19.1 Å². The van der Waals surface area contributed by atoms with Crippen molar-refractivity contribution in [3.63, 3.8) is 0 Å². The van der Waals surface area contributed by atoms with Crippen molar-refractivity contribution in [1.82, 2.24) is 4.90 Å². The molecule has 0 bridgehead atoms. The molecule has 0 aromatic heterocycles. The van der Waals surface area contributed by atoms with Crippen LogP contribution in [0.15, 0.2) is 30.3 Å². The average molecular weight is 276 g/mol. The lowest BCUT2D eigenvalue weighted by Crippen LogP contribution is -2.52. The largest absolute Gasteiger partial charge is 0.480 e. The smallest absolute Gasteiger partial charge is 0.328 e. The topological polar surface area (TPSA) is 92.9 Å². The highest BCUT2D eigenvalue weighted by Crippen LogP contribution is 2.11. The Kier molecular flexibility index (Phi) is 4.37. The van der Waals surface area contributed by atoms with E-state index >= 15 is 0 Å². The van der Waals surface area contributed by atoms with Gasteiger partial charge in [0.25, 0.3) is 0 Å². The number of carboxylic acids is 1. The molecule has 1 aromatic rings. The first-order chi connectivity index (χ1) is 9.58. The van der Waals surface area contributed by atoms with Crippen molar-refractivity contribution < 1.29 is 19.4 Å². The molecular formula is C14H16N2O4. The Morgan fingerprint density at radius 1 is 1.45 bits per heavy atom. The van der Waals surface area contributed by atoms with Gasteiger partial charge in [0.2, 0.25) is 5.91 Å². The number of morpholine rings is 1. The van der Waals surface area contributed by atoms with Gasteiger partial charge in [-0.3, -0.25) is 4.79 Å². The molecule has 20 heavy (non-hydrogen) atoms. The maximum atomic E-state index is 12.1. The van der Waals surface area contributed by atoms with Crippen LogP contribution in [0.3, 0.4) is 0 Å². The Balaban J connectivity index is 2.08. The molecule has 6 nitrogen and oxygen atoms in total. The summed E-state index contributed by atoms with van der Waals surface area (Å²) in [4.78, 5) is 24.4. The summed E-state index contributed by atoms with van der Waals surface area (Å²) >= 11 is 0. The van der Waals surface area contributed by atoms with E-state index in [1.165, 1.54) is 11.0 Å². The number of amides is 1. The Hall–Kier alpha value is -2.34. The molecule has 1 amide bonds. The van der Waals surface area contributed by atoms with Crippen LogP contribution in [0.25, 0.3) is 6.08 Å². The molecule has 0 radical (unpaired) electrons. The Labute approximate surface area is 116 Å². The summed E-state index contributed by atoms with van der Waals surface area (Å²) in [5, 5.41) is 9.06.